The second-order valence-electron chi connectivity index (χ2n) is 8.89. The maximum absolute atomic E-state index is 12.6. The lowest BCUT2D eigenvalue weighted by molar-refractivity contribution is -0.152. The molecule has 0 atom stereocenters. The van der Waals surface area contributed by atoms with Crippen molar-refractivity contribution in [3.63, 3.8) is 0 Å². The highest BCUT2D eigenvalue weighted by Gasteiger charge is 2.33. The minimum atomic E-state index is -3.51. The summed E-state index contributed by atoms with van der Waals surface area (Å²) in [5.74, 6) is -0.785. The van der Waals surface area contributed by atoms with E-state index in [1.807, 2.05) is 18.2 Å². The molecular formula is C24H32N2O5S2. The van der Waals surface area contributed by atoms with Crippen LogP contribution in [-0.4, -0.2) is 44.3 Å². The molecule has 2 heterocycles. The summed E-state index contributed by atoms with van der Waals surface area (Å²) in [6.07, 6.45) is 0.747. The molecule has 1 aliphatic heterocycles. The van der Waals surface area contributed by atoms with E-state index in [0.29, 0.717) is 17.1 Å². The van der Waals surface area contributed by atoms with Crippen LogP contribution in [0.2, 0.25) is 0 Å². The Hall–Kier alpha value is -2.23. The van der Waals surface area contributed by atoms with Gasteiger partial charge >= 0.3 is 5.97 Å². The van der Waals surface area contributed by atoms with E-state index in [1.165, 1.54) is 15.6 Å². The summed E-state index contributed by atoms with van der Waals surface area (Å²) in [6, 6.07) is 9.27. The maximum Gasteiger partial charge on any atom is 0.309 e. The average Bonchev–Trinajstić information content (AvgIpc) is 3.33. The number of esters is 1. The predicted molar refractivity (Wildman–Crippen MR) is 130 cm³/mol. The molecule has 1 amide bonds. The largest absolute Gasteiger partial charge is 0.455 e. The number of benzene rings is 1. The Morgan fingerprint density at radius 1 is 1.06 bits per heavy atom. The Labute approximate surface area is 200 Å². The Bertz CT molecular complexity index is 1040. The standard InChI is InChI=1S/C24H32N2O5S2/c1-16(2)19-7-5-8-20(17(3)4)23(19)25-21(27)15-31-24(28)18-10-12-26(13-11-18)33(29,30)22-9-6-14-32-22/h5-9,14,16-18H,10-13,15H2,1-4H3,(H,25,27). The van der Waals surface area contributed by atoms with E-state index in [1.54, 1.807) is 17.5 Å². The monoisotopic (exact) mass is 492 g/mol. The highest BCUT2D eigenvalue weighted by molar-refractivity contribution is 7.91. The smallest absolute Gasteiger partial charge is 0.309 e. The van der Waals surface area contributed by atoms with Gasteiger partial charge in [-0.15, -0.1) is 11.3 Å². The van der Waals surface area contributed by atoms with Crippen molar-refractivity contribution in [2.45, 2.75) is 56.6 Å². The van der Waals surface area contributed by atoms with Gasteiger partial charge < -0.3 is 10.1 Å². The van der Waals surface area contributed by atoms with Crippen LogP contribution in [0.25, 0.3) is 0 Å². The van der Waals surface area contributed by atoms with Gasteiger partial charge in [0.05, 0.1) is 5.92 Å². The van der Waals surface area contributed by atoms with E-state index in [4.69, 9.17) is 4.74 Å². The molecule has 1 N–H and O–H groups in total. The lowest BCUT2D eigenvalue weighted by Gasteiger charge is -2.29. The number of amides is 1. The quantitative estimate of drug-likeness (QED) is 0.545. The zero-order valence-electron chi connectivity index (χ0n) is 19.5. The number of sulfonamides is 1. The van der Waals surface area contributed by atoms with Gasteiger partial charge in [-0.05, 0) is 47.3 Å². The number of thiophene rings is 1. The van der Waals surface area contributed by atoms with Crippen LogP contribution >= 0.6 is 11.3 Å². The molecular weight excluding hydrogens is 460 g/mol. The number of piperidine rings is 1. The molecule has 0 saturated carbocycles. The van der Waals surface area contributed by atoms with Gasteiger partial charge in [0.1, 0.15) is 4.21 Å². The zero-order chi connectivity index (χ0) is 24.2. The lowest BCUT2D eigenvalue weighted by Crippen LogP contribution is -2.40. The number of rotatable bonds is 8. The van der Waals surface area contributed by atoms with Gasteiger partial charge in [-0.1, -0.05) is 52.0 Å². The fraction of sp³-hybridized carbons (Fsp3) is 0.500. The molecule has 1 fully saturated rings. The van der Waals surface area contributed by atoms with Crippen molar-refractivity contribution in [2.75, 3.05) is 25.0 Å². The molecule has 3 rings (SSSR count). The molecule has 7 nitrogen and oxygen atoms in total. The van der Waals surface area contributed by atoms with Gasteiger partial charge in [0, 0.05) is 18.8 Å². The highest BCUT2D eigenvalue weighted by atomic mass is 32.2. The van der Waals surface area contributed by atoms with Gasteiger partial charge in [-0.3, -0.25) is 9.59 Å². The molecule has 180 valence electrons. The topological polar surface area (TPSA) is 92.8 Å². The number of carbonyl (C=O) groups excluding carboxylic acids is 2. The van der Waals surface area contributed by atoms with Crippen LogP contribution in [0.3, 0.4) is 0 Å². The minimum Gasteiger partial charge on any atom is -0.455 e. The number of hydrogen-bond acceptors (Lipinski definition) is 6. The van der Waals surface area contributed by atoms with Crippen LogP contribution in [-0.2, 0) is 24.3 Å². The summed E-state index contributed by atoms with van der Waals surface area (Å²) in [6.45, 7) is 8.43. The van der Waals surface area contributed by atoms with E-state index < -0.39 is 21.9 Å². The van der Waals surface area contributed by atoms with Gasteiger partial charge in [0.25, 0.3) is 15.9 Å². The summed E-state index contributed by atoms with van der Waals surface area (Å²) in [5, 5.41) is 4.67. The number of ether oxygens (including phenoxy) is 1. The third-order valence-corrected chi connectivity index (χ3v) is 9.13. The first-order chi connectivity index (χ1) is 15.6. The van der Waals surface area contributed by atoms with Crippen molar-refractivity contribution in [1.29, 1.82) is 0 Å². The number of para-hydroxylation sites is 1. The van der Waals surface area contributed by atoms with Crippen molar-refractivity contribution < 1.29 is 22.7 Å². The summed E-state index contributed by atoms with van der Waals surface area (Å²) in [7, 11) is -3.51. The fourth-order valence-corrected chi connectivity index (χ4v) is 6.61. The summed E-state index contributed by atoms with van der Waals surface area (Å²) in [5.41, 5.74) is 2.87. The lowest BCUT2D eigenvalue weighted by atomic mass is 9.92. The Morgan fingerprint density at radius 2 is 1.67 bits per heavy atom. The number of anilines is 1. The number of nitrogens with one attached hydrogen (secondary N) is 1. The SMILES string of the molecule is CC(C)c1cccc(C(C)C)c1NC(=O)COC(=O)C1CCN(S(=O)(=O)c2cccs2)CC1. The summed E-state index contributed by atoms with van der Waals surface area (Å²) < 4.78 is 32.3. The molecule has 9 heteroatoms. The molecule has 1 aromatic heterocycles. The van der Waals surface area contributed by atoms with Crippen LogP contribution in [0, 0.1) is 5.92 Å². The number of hydrogen-bond donors (Lipinski definition) is 1. The van der Waals surface area contributed by atoms with E-state index in [2.05, 4.69) is 33.0 Å². The summed E-state index contributed by atoms with van der Waals surface area (Å²) >= 11 is 1.18. The molecule has 0 unspecified atom stereocenters. The first-order valence-corrected chi connectivity index (χ1v) is 13.6. The minimum absolute atomic E-state index is 0.234. The van der Waals surface area contributed by atoms with Crippen molar-refractivity contribution in [1.82, 2.24) is 4.31 Å². The van der Waals surface area contributed by atoms with Crippen molar-refractivity contribution in [3.05, 3.63) is 46.8 Å². The molecule has 2 aromatic rings. The molecule has 1 aliphatic rings. The first kappa shape index (κ1) is 25.4. The molecule has 1 saturated heterocycles. The van der Waals surface area contributed by atoms with Gasteiger partial charge in [0.15, 0.2) is 6.61 Å². The van der Waals surface area contributed by atoms with E-state index >= 15 is 0 Å². The third kappa shape index (κ3) is 6.02. The third-order valence-electron chi connectivity index (χ3n) is 5.86. The predicted octanol–water partition coefficient (Wildman–Crippen LogP) is 4.58. The second kappa shape index (κ2) is 10.8. The normalized spacial score (nSPS) is 15.7. The van der Waals surface area contributed by atoms with E-state index in [0.717, 1.165) is 16.8 Å². The van der Waals surface area contributed by atoms with Crippen LogP contribution in [0.5, 0.6) is 0 Å². The van der Waals surface area contributed by atoms with Gasteiger partial charge in [-0.2, -0.15) is 4.31 Å². The average molecular weight is 493 g/mol. The molecule has 1 aromatic carbocycles. The van der Waals surface area contributed by atoms with E-state index in [9.17, 15) is 18.0 Å². The fourth-order valence-electron chi connectivity index (χ4n) is 3.99. The van der Waals surface area contributed by atoms with Crippen LogP contribution in [0.1, 0.15) is 63.5 Å². The molecule has 0 bridgehead atoms. The summed E-state index contributed by atoms with van der Waals surface area (Å²) in [4.78, 5) is 25.1. The van der Waals surface area contributed by atoms with Crippen LogP contribution in [0.4, 0.5) is 5.69 Å². The second-order valence-corrected chi connectivity index (χ2v) is 12.0. The maximum atomic E-state index is 12.6. The van der Waals surface area contributed by atoms with Crippen LogP contribution in [0.15, 0.2) is 39.9 Å². The molecule has 0 radical (unpaired) electrons. The van der Waals surface area contributed by atoms with E-state index in [-0.39, 0.29) is 37.4 Å². The molecule has 0 aliphatic carbocycles. The Morgan fingerprint density at radius 3 is 2.18 bits per heavy atom. The van der Waals surface area contributed by atoms with Gasteiger partial charge in [-0.25, -0.2) is 8.42 Å². The van der Waals surface area contributed by atoms with Crippen LogP contribution < -0.4 is 5.32 Å². The van der Waals surface area contributed by atoms with Gasteiger partial charge in [0.2, 0.25) is 0 Å². The zero-order valence-corrected chi connectivity index (χ0v) is 21.2. The Balaban J connectivity index is 1.55. The van der Waals surface area contributed by atoms with Crippen molar-refractivity contribution in [3.8, 4) is 0 Å². The van der Waals surface area contributed by atoms with Crippen molar-refractivity contribution in [2.24, 2.45) is 5.92 Å². The number of carbonyl (C=O) groups is 2. The highest BCUT2D eigenvalue weighted by Crippen LogP contribution is 2.32. The molecule has 0 spiro atoms. The first-order valence-electron chi connectivity index (χ1n) is 11.2. The number of nitrogens with zero attached hydrogens (tertiary/aromatic N) is 1. The van der Waals surface area contributed by atoms with Crippen molar-refractivity contribution >= 4 is 38.9 Å². The molecule has 33 heavy (non-hydrogen) atoms. The Kier molecular flexibility index (Phi) is 8.31.